The van der Waals surface area contributed by atoms with E-state index in [4.69, 9.17) is 5.73 Å². The van der Waals surface area contributed by atoms with Crippen molar-refractivity contribution in [2.45, 2.75) is 6.18 Å². The maximum Gasteiger partial charge on any atom is 0.416 e. The van der Waals surface area contributed by atoms with Gasteiger partial charge in [0.05, 0.1) is 5.56 Å². The zero-order valence-electron chi connectivity index (χ0n) is 12.5. The molecule has 3 N–H and O–H groups in total. The van der Waals surface area contributed by atoms with Crippen molar-refractivity contribution in [1.29, 1.82) is 0 Å². The lowest BCUT2D eigenvalue weighted by Gasteiger charge is -2.05. The van der Waals surface area contributed by atoms with E-state index in [1.807, 2.05) is 30.3 Å². The molecular formula is C17H15F3IN3. The number of halogens is 4. The van der Waals surface area contributed by atoms with Crippen LogP contribution in [-0.4, -0.2) is 12.5 Å². The highest BCUT2D eigenvalue weighted by Crippen LogP contribution is 2.28. The van der Waals surface area contributed by atoms with E-state index < -0.39 is 11.7 Å². The maximum atomic E-state index is 12.4. The fourth-order valence-electron chi connectivity index (χ4n) is 1.72. The monoisotopic (exact) mass is 445 g/mol. The molecule has 2 rings (SSSR count). The zero-order valence-corrected chi connectivity index (χ0v) is 14.8. The van der Waals surface area contributed by atoms with E-state index in [-0.39, 0.29) is 36.5 Å². The standard InChI is InChI=1S/C17H14F3N3.HI/c18-17(19,20)14-10-8-13(9-11-14)5-4-12-22-16(21)23-15-6-2-1-3-7-15;/h1-3,6-11H,12H2,(H3,21,22,23);1H. The molecule has 2 aromatic rings. The molecular weight excluding hydrogens is 430 g/mol. The van der Waals surface area contributed by atoms with Crippen molar-refractivity contribution in [2.24, 2.45) is 10.7 Å². The Bertz CT molecular complexity index is 730. The highest BCUT2D eigenvalue weighted by molar-refractivity contribution is 14.0. The fourth-order valence-corrected chi connectivity index (χ4v) is 1.72. The quantitative estimate of drug-likeness (QED) is 0.317. The number of aliphatic imine (C=N–C) groups is 1. The van der Waals surface area contributed by atoms with Gasteiger partial charge < -0.3 is 11.1 Å². The van der Waals surface area contributed by atoms with Gasteiger partial charge in [0.1, 0.15) is 6.54 Å². The van der Waals surface area contributed by atoms with E-state index in [0.29, 0.717) is 5.56 Å². The minimum Gasteiger partial charge on any atom is -0.370 e. The number of nitrogens with one attached hydrogen (secondary N) is 1. The number of hydrogen-bond donors (Lipinski definition) is 2. The number of nitrogens with zero attached hydrogens (tertiary/aromatic N) is 1. The first-order chi connectivity index (χ1) is 10.9. The topological polar surface area (TPSA) is 50.4 Å². The van der Waals surface area contributed by atoms with Crippen LogP contribution in [0.15, 0.2) is 59.6 Å². The predicted octanol–water partition coefficient (Wildman–Crippen LogP) is 4.10. The molecule has 0 heterocycles. The molecule has 24 heavy (non-hydrogen) atoms. The minimum absolute atomic E-state index is 0. The molecule has 0 saturated carbocycles. The van der Waals surface area contributed by atoms with E-state index in [1.165, 1.54) is 12.1 Å². The molecule has 0 bridgehead atoms. The van der Waals surface area contributed by atoms with Crippen molar-refractivity contribution < 1.29 is 13.2 Å². The molecule has 126 valence electrons. The van der Waals surface area contributed by atoms with E-state index in [1.54, 1.807) is 0 Å². The van der Waals surface area contributed by atoms with Gasteiger partial charge in [0, 0.05) is 11.3 Å². The predicted molar refractivity (Wildman–Crippen MR) is 100 cm³/mol. The summed E-state index contributed by atoms with van der Waals surface area (Å²) < 4.78 is 37.3. The van der Waals surface area contributed by atoms with Crippen LogP contribution in [0, 0.1) is 11.8 Å². The van der Waals surface area contributed by atoms with Crippen molar-refractivity contribution in [3.05, 3.63) is 65.7 Å². The Morgan fingerprint density at radius 2 is 1.67 bits per heavy atom. The molecule has 7 heteroatoms. The third kappa shape index (κ3) is 6.50. The van der Waals surface area contributed by atoms with Crippen LogP contribution in [0.5, 0.6) is 0 Å². The van der Waals surface area contributed by atoms with Crippen LogP contribution in [-0.2, 0) is 6.18 Å². The Morgan fingerprint density at radius 1 is 1.04 bits per heavy atom. The second-order valence-corrected chi connectivity index (χ2v) is 4.57. The van der Waals surface area contributed by atoms with Gasteiger partial charge in [-0.1, -0.05) is 30.0 Å². The molecule has 3 nitrogen and oxygen atoms in total. The summed E-state index contributed by atoms with van der Waals surface area (Å²) in [5.74, 6) is 5.69. The minimum atomic E-state index is -4.34. The Balaban J connectivity index is 0.00000288. The van der Waals surface area contributed by atoms with Gasteiger partial charge in [-0.2, -0.15) is 13.2 Å². The van der Waals surface area contributed by atoms with Crippen LogP contribution < -0.4 is 11.1 Å². The smallest absolute Gasteiger partial charge is 0.370 e. The number of guanidine groups is 1. The van der Waals surface area contributed by atoms with Gasteiger partial charge in [-0.25, -0.2) is 4.99 Å². The van der Waals surface area contributed by atoms with Crippen LogP contribution in [0.25, 0.3) is 0 Å². The average Bonchev–Trinajstić information content (AvgIpc) is 2.52. The van der Waals surface area contributed by atoms with Gasteiger partial charge in [0.2, 0.25) is 0 Å². The molecule has 0 radical (unpaired) electrons. The lowest BCUT2D eigenvalue weighted by Crippen LogP contribution is -2.22. The van der Waals surface area contributed by atoms with Gasteiger partial charge in [0.25, 0.3) is 0 Å². The highest BCUT2D eigenvalue weighted by Gasteiger charge is 2.29. The number of rotatable bonds is 2. The molecule has 0 aromatic heterocycles. The molecule has 2 aromatic carbocycles. The Morgan fingerprint density at radius 3 is 2.25 bits per heavy atom. The zero-order chi connectivity index (χ0) is 16.7. The van der Waals surface area contributed by atoms with E-state index in [2.05, 4.69) is 22.2 Å². The molecule has 0 fully saturated rings. The van der Waals surface area contributed by atoms with Gasteiger partial charge in [0.15, 0.2) is 5.96 Å². The van der Waals surface area contributed by atoms with Crippen LogP contribution >= 0.6 is 24.0 Å². The summed E-state index contributed by atoms with van der Waals surface area (Å²) in [6.07, 6.45) is -4.34. The summed E-state index contributed by atoms with van der Waals surface area (Å²) in [6.45, 7) is 0.146. The lowest BCUT2D eigenvalue weighted by atomic mass is 10.1. The molecule has 0 atom stereocenters. The maximum absolute atomic E-state index is 12.4. The van der Waals surface area contributed by atoms with Crippen molar-refractivity contribution in [3.63, 3.8) is 0 Å². The number of benzene rings is 2. The van der Waals surface area contributed by atoms with Crippen LogP contribution in [0.2, 0.25) is 0 Å². The second kappa shape index (κ2) is 9.17. The number of hydrogen-bond acceptors (Lipinski definition) is 1. The summed E-state index contributed by atoms with van der Waals surface area (Å²) in [5, 5.41) is 2.90. The van der Waals surface area contributed by atoms with Crippen molar-refractivity contribution in [1.82, 2.24) is 0 Å². The first kappa shape index (κ1) is 19.8. The number of alkyl halides is 3. The number of para-hydroxylation sites is 1. The number of anilines is 1. The summed E-state index contributed by atoms with van der Waals surface area (Å²) in [5.41, 5.74) is 6.30. The first-order valence-corrected chi connectivity index (χ1v) is 6.73. The second-order valence-electron chi connectivity index (χ2n) is 4.57. The lowest BCUT2D eigenvalue weighted by molar-refractivity contribution is -0.137. The molecule has 0 aliphatic heterocycles. The summed E-state index contributed by atoms with van der Waals surface area (Å²) in [4.78, 5) is 4.02. The van der Waals surface area contributed by atoms with Gasteiger partial charge >= 0.3 is 6.18 Å². The van der Waals surface area contributed by atoms with Gasteiger partial charge in [-0.15, -0.1) is 24.0 Å². The van der Waals surface area contributed by atoms with Gasteiger partial charge in [-0.05, 0) is 36.4 Å². The van der Waals surface area contributed by atoms with Crippen LogP contribution in [0.3, 0.4) is 0 Å². The molecule has 0 saturated heterocycles. The third-order valence-corrected chi connectivity index (χ3v) is 2.82. The normalized spacial score (nSPS) is 11.0. The molecule has 0 aliphatic rings. The largest absolute Gasteiger partial charge is 0.416 e. The van der Waals surface area contributed by atoms with E-state index >= 15 is 0 Å². The van der Waals surface area contributed by atoms with Crippen molar-refractivity contribution in [2.75, 3.05) is 11.9 Å². The Labute approximate surface area is 155 Å². The molecule has 0 unspecified atom stereocenters. The Hall–Kier alpha value is -2.21. The van der Waals surface area contributed by atoms with E-state index in [0.717, 1.165) is 17.8 Å². The fraction of sp³-hybridized carbons (Fsp3) is 0.118. The van der Waals surface area contributed by atoms with Crippen LogP contribution in [0.4, 0.5) is 18.9 Å². The van der Waals surface area contributed by atoms with Crippen molar-refractivity contribution >= 4 is 35.6 Å². The average molecular weight is 445 g/mol. The highest BCUT2D eigenvalue weighted by atomic mass is 127. The summed E-state index contributed by atoms with van der Waals surface area (Å²) in [7, 11) is 0. The first-order valence-electron chi connectivity index (χ1n) is 6.73. The van der Waals surface area contributed by atoms with E-state index in [9.17, 15) is 13.2 Å². The third-order valence-electron chi connectivity index (χ3n) is 2.82. The Kier molecular flexibility index (Phi) is 7.58. The van der Waals surface area contributed by atoms with Gasteiger partial charge in [-0.3, -0.25) is 0 Å². The van der Waals surface area contributed by atoms with Crippen LogP contribution in [0.1, 0.15) is 11.1 Å². The van der Waals surface area contributed by atoms with Crippen molar-refractivity contribution in [3.8, 4) is 11.8 Å². The molecule has 0 spiro atoms. The molecule has 0 amide bonds. The number of nitrogens with two attached hydrogens (primary N) is 1. The summed E-state index contributed by atoms with van der Waals surface area (Å²) in [6, 6.07) is 13.9. The SMILES string of the molecule is I.NC(=NCC#Cc1ccc(C(F)(F)F)cc1)Nc1ccccc1. The molecule has 0 aliphatic carbocycles. The summed E-state index contributed by atoms with van der Waals surface area (Å²) >= 11 is 0.